The van der Waals surface area contributed by atoms with Crippen molar-refractivity contribution in [3.8, 4) is 12.3 Å². The summed E-state index contributed by atoms with van der Waals surface area (Å²) in [7, 11) is 0. The lowest BCUT2D eigenvalue weighted by Crippen LogP contribution is -2.55. The van der Waals surface area contributed by atoms with Gasteiger partial charge in [-0.1, -0.05) is 6.42 Å². The first-order valence-corrected chi connectivity index (χ1v) is 5.95. The largest absolute Gasteiger partial charge is 0.300 e. The number of rotatable bonds is 2. The van der Waals surface area contributed by atoms with Gasteiger partial charge in [0.15, 0.2) is 0 Å². The smallest absolute Gasteiger partial charge is 0.136 e. The van der Waals surface area contributed by atoms with Gasteiger partial charge in [-0.25, -0.2) is 0 Å². The number of terminal acetylenes is 1. The summed E-state index contributed by atoms with van der Waals surface area (Å²) in [5.41, 5.74) is 0. The van der Waals surface area contributed by atoms with Gasteiger partial charge in [-0.05, 0) is 19.8 Å². The minimum atomic E-state index is 0.443. The molecule has 0 aromatic heterocycles. The van der Waals surface area contributed by atoms with E-state index in [1.165, 1.54) is 19.3 Å². The zero-order valence-corrected chi connectivity index (χ0v) is 9.41. The Morgan fingerprint density at radius 3 is 2.60 bits per heavy atom. The minimum absolute atomic E-state index is 0.443. The van der Waals surface area contributed by atoms with Crippen molar-refractivity contribution in [2.75, 3.05) is 0 Å². The number of hydrogen-bond donors (Lipinski definition) is 0. The lowest BCUT2D eigenvalue weighted by Gasteiger charge is -2.48. The first-order chi connectivity index (χ1) is 7.22. The quantitative estimate of drug-likeness (QED) is 0.642. The lowest BCUT2D eigenvalue weighted by atomic mass is 9.82. The number of fused-ring (bicyclic) bond motifs is 2. The van der Waals surface area contributed by atoms with E-state index in [4.69, 9.17) is 6.42 Å². The number of Topliss-reactive ketones (excluding diaryl/α,β-unsaturated/α-hetero) is 1. The highest BCUT2D eigenvalue weighted by atomic mass is 16.1. The minimum Gasteiger partial charge on any atom is -0.300 e. The zero-order valence-electron chi connectivity index (χ0n) is 9.41. The summed E-state index contributed by atoms with van der Waals surface area (Å²) in [6.45, 7) is 2.20. The molecule has 2 rings (SSSR count). The summed E-state index contributed by atoms with van der Waals surface area (Å²) in [4.78, 5) is 14.1. The van der Waals surface area contributed by atoms with E-state index in [1.807, 2.05) is 0 Å². The van der Waals surface area contributed by atoms with Crippen LogP contribution in [0.4, 0.5) is 0 Å². The van der Waals surface area contributed by atoms with Crippen LogP contribution in [0, 0.1) is 12.3 Å². The van der Waals surface area contributed by atoms with E-state index >= 15 is 0 Å². The summed E-state index contributed by atoms with van der Waals surface area (Å²) in [6, 6.07) is 1.40. The third-order valence-electron chi connectivity index (χ3n) is 3.77. The van der Waals surface area contributed by atoms with E-state index in [9.17, 15) is 4.79 Å². The molecule has 2 fully saturated rings. The molecule has 2 aliphatic rings. The van der Waals surface area contributed by atoms with Gasteiger partial charge < -0.3 is 0 Å². The molecule has 82 valence electrons. The van der Waals surface area contributed by atoms with Crippen molar-refractivity contribution in [2.45, 2.75) is 63.6 Å². The highest BCUT2D eigenvalue weighted by Crippen LogP contribution is 2.34. The molecule has 2 heterocycles. The molecule has 2 nitrogen and oxygen atoms in total. The predicted molar refractivity (Wildman–Crippen MR) is 60.4 cm³/mol. The Balaban J connectivity index is 2.10. The van der Waals surface area contributed by atoms with Crippen molar-refractivity contribution in [1.82, 2.24) is 4.90 Å². The Kier molecular flexibility index (Phi) is 3.11. The lowest BCUT2D eigenvalue weighted by molar-refractivity contribution is -0.128. The second-order valence-corrected chi connectivity index (χ2v) is 4.89. The molecule has 0 saturated carbocycles. The van der Waals surface area contributed by atoms with Crippen LogP contribution in [0.5, 0.6) is 0 Å². The molecule has 2 saturated heterocycles. The van der Waals surface area contributed by atoms with Crippen LogP contribution in [0.1, 0.15) is 45.4 Å². The number of carbonyl (C=O) groups is 1. The maximum absolute atomic E-state index is 11.5. The normalized spacial score (nSPS) is 33.5. The first-order valence-electron chi connectivity index (χ1n) is 5.95. The van der Waals surface area contributed by atoms with Gasteiger partial charge in [-0.15, -0.1) is 12.3 Å². The second-order valence-electron chi connectivity index (χ2n) is 4.89. The molecule has 15 heavy (non-hydrogen) atoms. The van der Waals surface area contributed by atoms with Crippen molar-refractivity contribution >= 4 is 5.78 Å². The number of hydrogen-bond acceptors (Lipinski definition) is 2. The fourth-order valence-corrected chi connectivity index (χ4v) is 3.21. The Morgan fingerprint density at radius 2 is 2.07 bits per heavy atom. The van der Waals surface area contributed by atoms with E-state index in [-0.39, 0.29) is 0 Å². The molecular formula is C13H19NO. The Labute approximate surface area is 92.0 Å². The van der Waals surface area contributed by atoms with Crippen LogP contribution in [-0.4, -0.2) is 28.8 Å². The van der Waals surface area contributed by atoms with Gasteiger partial charge in [0.05, 0.1) is 0 Å². The highest BCUT2D eigenvalue weighted by molar-refractivity contribution is 5.80. The SMILES string of the molecule is C#CCC(C)N1C2CCCC1CC(=O)C2. The summed E-state index contributed by atoms with van der Waals surface area (Å²) < 4.78 is 0. The first kappa shape index (κ1) is 10.7. The van der Waals surface area contributed by atoms with Gasteiger partial charge >= 0.3 is 0 Å². The fraction of sp³-hybridized carbons (Fsp3) is 0.769. The number of carbonyl (C=O) groups excluding carboxylic acids is 1. The molecule has 0 aromatic rings. The molecule has 3 atom stereocenters. The van der Waals surface area contributed by atoms with E-state index in [1.54, 1.807) is 0 Å². The Bertz CT molecular complexity index is 275. The Morgan fingerprint density at radius 1 is 1.47 bits per heavy atom. The summed E-state index contributed by atoms with van der Waals surface area (Å²) in [6.07, 6.45) is 11.3. The van der Waals surface area contributed by atoms with Crippen LogP contribution >= 0.6 is 0 Å². The van der Waals surface area contributed by atoms with Crippen molar-refractivity contribution in [3.63, 3.8) is 0 Å². The zero-order chi connectivity index (χ0) is 10.8. The van der Waals surface area contributed by atoms with Gasteiger partial charge in [-0.3, -0.25) is 9.69 Å². The van der Waals surface area contributed by atoms with E-state index in [0.29, 0.717) is 23.9 Å². The van der Waals surface area contributed by atoms with Gasteiger partial charge in [0.25, 0.3) is 0 Å². The van der Waals surface area contributed by atoms with Crippen molar-refractivity contribution < 1.29 is 4.79 Å². The average Bonchev–Trinajstić information content (AvgIpc) is 2.16. The molecule has 0 N–H and O–H groups in total. The van der Waals surface area contributed by atoms with Crippen LogP contribution in [-0.2, 0) is 4.79 Å². The monoisotopic (exact) mass is 205 g/mol. The summed E-state index contributed by atoms with van der Waals surface area (Å²) >= 11 is 0. The van der Waals surface area contributed by atoms with Crippen LogP contribution in [0.3, 0.4) is 0 Å². The molecule has 2 aliphatic heterocycles. The molecule has 3 unspecified atom stereocenters. The Hall–Kier alpha value is -0.810. The van der Waals surface area contributed by atoms with E-state index in [2.05, 4.69) is 17.7 Å². The molecule has 0 spiro atoms. The molecule has 0 amide bonds. The third-order valence-corrected chi connectivity index (χ3v) is 3.77. The number of nitrogens with zero attached hydrogens (tertiary/aromatic N) is 1. The highest BCUT2D eigenvalue weighted by Gasteiger charge is 2.39. The maximum atomic E-state index is 11.5. The van der Waals surface area contributed by atoms with Gasteiger partial charge in [0.2, 0.25) is 0 Å². The predicted octanol–water partition coefficient (Wildman–Crippen LogP) is 1.98. The number of piperidine rings is 2. The van der Waals surface area contributed by atoms with Crippen molar-refractivity contribution in [2.24, 2.45) is 0 Å². The van der Waals surface area contributed by atoms with E-state index in [0.717, 1.165) is 19.3 Å². The molecule has 0 aromatic carbocycles. The molecular weight excluding hydrogens is 186 g/mol. The van der Waals surface area contributed by atoms with Crippen LogP contribution < -0.4 is 0 Å². The molecule has 2 bridgehead atoms. The average molecular weight is 205 g/mol. The maximum Gasteiger partial charge on any atom is 0.136 e. The van der Waals surface area contributed by atoms with Crippen LogP contribution in [0.25, 0.3) is 0 Å². The fourth-order valence-electron chi connectivity index (χ4n) is 3.21. The van der Waals surface area contributed by atoms with Gasteiger partial charge in [-0.2, -0.15) is 0 Å². The topological polar surface area (TPSA) is 20.3 Å². The molecule has 0 aliphatic carbocycles. The molecule has 0 radical (unpaired) electrons. The van der Waals surface area contributed by atoms with E-state index < -0.39 is 0 Å². The van der Waals surface area contributed by atoms with Crippen LogP contribution in [0.15, 0.2) is 0 Å². The summed E-state index contributed by atoms with van der Waals surface area (Å²) in [5.74, 6) is 3.19. The number of ketones is 1. The standard InChI is InChI=1S/C13H19NO/c1-3-5-10(2)14-11-6-4-7-12(14)9-13(15)8-11/h1,10-12H,4-9H2,2H3. The van der Waals surface area contributed by atoms with Crippen LogP contribution in [0.2, 0.25) is 0 Å². The van der Waals surface area contributed by atoms with Crippen molar-refractivity contribution in [1.29, 1.82) is 0 Å². The second kappa shape index (κ2) is 4.37. The van der Waals surface area contributed by atoms with Crippen molar-refractivity contribution in [3.05, 3.63) is 0 Å². The molecule has 2 heteroatoms. The summed E-state index contributed by atoms with van der Waals surface area (Å²) in [5, 5.41) is 0. The van der Waals surface area contributed by atoms with Gasteiger partial charge in [0.1, 0.15) is 5.78 Å². The van der Waals surface area contributed by atoms with Gasteiger partial charge in [0, 0.05) is 37.4 Å². The third kappa shape index (κ3) is 2.08.